The van der Waals surface area contributed by atoms with Crippen LogP contribution in [0.2, 0.25) is 5.02 Å². The molecule has 1 aromatic carbocycles. The van der Waals surface area contributed by atoms with Crippen LogP contribution in [0.3, 0.4) is 0 Å². The second-order valence-electron chi connectivity index (χ2n) is 7.00. The van der Waals surface area contributed by atoms with Gasteiger partial charge in [-0.2, -0.15) is 0 Å². The van der Waals surface area contributed by atoms with Crippen LogP contribution in [0.4, 0.5) is 0 Å². The number of benzene rings is 1. The molecule has 0 aromatic heterocycles. The molecule has 2 fully saturated rings. The number of halogens is 1. The molecule has 4 nitrogen and oxygen atoms in total. The Morgan fingerprint density at radius 1 is 1.39 bits per heavy atom. The Kier molecular flexibility index (Phi) is 4.95. The first kappa shape index (κ1) is 16.7. The van der Waals surface area contributed by atoms with Crippen LogP contribution in [0.1, 0.15) is 31.4 Å². The molecule has 0 N–H and O–H groups in total. The molecule has 0 bridgehead atoms. The summed E-state index contributed by atoms with van der Waals surface area (Å²) in [5.74, 6) is 0.170. The maximum atomic E-state index is 12.6. The number of hydrogen-bond donors (Lipinski definition) is 0. The van der Waals surface area contributed by atoms with Crippen molar-refractivity contribution in [2.24, 2.45) is 5.41 Å². The van der Waals surface area contributed by atoms with Crippen molar-refractivity contribution in [3.63, 3.8) is 0 Å². The smallest absolute Gasteiger partial charge is 0.236 e. The lowest BCUT2D eigenvalue weighted by molar-refractivity contribution is -0.132. The van der Waals surface area contributed by atoms with Gasteiger partial charge in [0.05, 0.1) is 19.2 Å². The summed E-state index contributed by atoms with van der Waals surface area (Å²) < 4.78 is 5.56. The van der Waals surface area contributed by atoms with E-state index in [-0.39, 0.29) is 11.9 Å². The fourth-order valence-corrected chi connectivity index (χ4v) is 3.74. The number of likely N-dealkylation sites (tertiary alicyclic amines) is 1. The van der Waals surface area contributed by atoms with E-state index >= 15 is 0 Å². The summed E-state index contributed by atoms with van der Waals surface area (Å²) in [6, 6.07) is 7.76. The number of amides is 1. The highest BCUT2D eigenvalue weighted by atomic mass is 35.5. The van der Waals surface area contributed by atoms with Crippen molar-refractivity contribution in [2.75, 3.05) is 39.9 Å². The maximum absolute atomic E-state index is 12.6. The molecule has 2 atom stereocenters. The lowest BCUT2D eigenvalue weighted by atomic mass is 9.87. The molecule has 3 rings (SSSR count). The molecule has 126 valence electrons. The van der Waals surface area contributed by atoms with Crippen molar-refractivity contribution >= 4 is 17.5 Å². The van der Waals surface area contributed by atoms with E-state index in [4.69, 9.17) is 16.3 Å². The third-order valence-electron chi connectivity index (χ3n) is 5.39. The Labute approximate surface area is 143 Å². The zero-order valence-electron chi connectivity index (χ0n) is 13.9. The van der Waals surface area contributed by atoms with Gasteiger partial charge in [-0.3, -0.25) is 9.69 Å². The molecule has 0 aliphatic carbocycles. The SMILES string of the molecule is C[C@H](c1ccc(Cl)cc1)N(C)C(=O)CN1CC[C@@]2(CCOC2)C1. The Morgan fingerprint density at radius 3 is 2.78 bits per heavy atom. The van der Waals surface area contributed by atoms with Gasteiger partial charge in [-0.25, -0.2) is 0 Å². The van der Waals surface area contributed by atoms with E-state index in [1.165, 1.54) is 0 Å². The highest BCUT2D eigenvalue weighted by Gasteiger charge is 2.41. The minimum atomic E-state index is 0.0474. The highest BCUT2D eigenvalue weighted by Crippen LogP contribution is 2.38. The van der Waals surface area contributed by atoms with E-state index in [1.807, 2.05) is 36.2 Å². The van der Waals surface area contributed by atoms with Crippen LogP contribution < -0.4 is 0 Å². The van der Waals surface area contributed by atoms with Gasteiger partial charge in [-0.15, -0.1) is 0 Å². The molecule has 0 saturated carbocycles. The van der Waals surface area contributed by atoms with E-state index in [1.54, 1.807) is 0 Å². The van der Waals surface area contributed by atoms with Crippen molar-refractivity contribution in [3.05, 3.63) is 34.9 Å². The molecule has 0 radical (unpaired) electrons. The maximum Gasteiger partial charge on any atom is 0.236 e. The van der Waals surface area contributed by atoms with Crippen molar-refractivity contribution in [1.29, 1.82) is 0 Å². The van der Waals surface area contributed by atoms with Gasteiger partial charge in [0.25, 0.3) is 0 Å². The minimum absolute atomic E-state index is 0.0474. The summed E-state index contributed by atoms with van der Waals surface area (Å²) >= 11 is 5.93. The number of nitrogens with zero attached hydrogens (tertiary/aromatic N) is 2. The second-order valence-corrected chi connectivity index (χ2v) is 7.43. The normalized spacial score (nSPS) is 25.9. The van der Waals surface area contributed by atoms with Gasteiger partial charge in [0.1, 0.15) is 0 Å². The summed E-state index contributed by atoms with van der Waals surface area (Å²) in [7, 11) is 1.88. The molecule has 5 heteroatoms. The minimum Gasteiger partial charge on any atom is -0.381 e. The number of carbonyl (C=O) groups is 1. The topological polar surface area (TPSA) is 32.8 Å². The van der Waals surface area contributed by atoms with Gasteiger partial charge < -0.3 is 9.64 Å². The molecule has 1 amide bonds. The standard InChI is InChI=1S/C18H25ClN2O2/c1-14(15-3-5-16(19)6-4-15)20(2)17(22)11-21-9-7-18(12-21)8-10-23-13-18/h3-6,14H,7-13H2,1-2H3/t14-,18-/m1/s1. The Bertz CT molecular complexity index is 555. The van der Waals surface area contributed by atoms with Gasteiger partial charge in [0.15, 0.2) is 0 Å². The predicted octanol–water partition coefficient (Wildman–Crippen LogP) is 2.97. The number of rotatable bonds is 4. The van der Waals surface area contributed by atoms with Crippen LogP contribution in [0, 0.1) is 5.41 Å². The quantitative estimate of drug-likeness (QED) is 0.847. The summed E-state index contributed by atoms with van der Waals surface area (Å²) in [4.78, 5) is 16.7. The molecule has 1 aromatic rings. The number of likely N-dealkylation sites (N-methyl/N-ethyl adjacent to an activating group) is 1. The lowest BCUT2D eigenvalue weighted by Gasteiger charge is -2.28. The lowest BCUT2D eigenvalue weighted by Crippen LogP contribution is -2.39. The number of ether oxygens (including phenoxy) is 1. The molecule has 2 aliphatic rings. The zero-order valence-corrected chi connectivity index (χ0v) is 14.7. The van der Waals surface area contributed by atoms with Crippen LogP contribution in [0.25, 0.3) is 0 Å². The number of carbonyl (C=O) groups excluding carboxylic acids is 1. The van der Waals surface area contributed by atoms with Crippen LogP contribution in [-0.4, -0.2) is 55.6 Å². The van der Waals surface area contributed by atoms with Crippen molar-refractivity contribution < 1.29 is 9.53 Å². The molecule has 2 saturated heterocycles. The average Bonchev–Trinajstić information content (AvgIpc) is 3.17. The van der Waals surface area contributed by atoms with Gasteiger partial charge >= 0.3 is 0 Å². The second kappa shape index (κ2) is 6.80. The molecule has 0 unspecified atom stereocenters. The van der Waals surface area contributed by atoms with E-state index in [2.05, 4.69) is 11.8 Å². The molecule has 2 aliphatic heterocycles. The van der Waals surface area contributed by atoms with Crippen molar-refractivity contribution in [3.8, 4) is 0 Å². The molecule has 23 heavy (non-hydrogen) atoms. The number of hydrogen-bond acceptors (Lipinski definition) is 3. The zero-order chi connectivity index (χ0) is 16.4. The molecular formula is C18H25ClN2O2. The summed E-state index contributed by atoms with van der Waals surface area (Å²) in [6.07, 6.45) is 2.28. The Morgan fingerprint density at radius 2 is 2.13 bits per heavy atom. The molecule has 2 heterocycles. The Hall–Kier alpha value is -1.10. The van der Waals surface area contributed by atoms with Crippen molar-refractivity contribution in [1.82, 2.24) is 9.80 Å². The van der Waals surface area contributed by atoms with E-state index in [0.29, 0.717) is 12.0 Å². The van der Waals surface area contributed by atoms with E-state index < -0.39 is 0 Å². The van der Waals surface area contributed by atoms with Gasteiger partial charge in [-0.05, 0) is 44.0 Å². The fraction of sp³-hybridized carbons (Fsp3) is 0.611. The molecule has 1 spiro atoms. The molecular weight excluding hydrogens is 312 g/mol. The average molecular weight is 337 g/mol. The fourth-order valence-electron chi connectivity index (χ4n) is 3.62. The summed E-state index contributed by atoms with van der Waals surface area (Å²) in [5.41, 5.74) is 1.41. The van der Waals surface area contributed by atoms with Gasteiger partial charge in [0.2, 0.25) is 5.91 Å². The highest BCUT2D eigenvalue weighted by molar-refractivity contribution is 6.30. The largest absolute Gasteiger partial charge is 0.381 e. The first-order chi connectivity index (χ1) is 11.0. The Balaban J connectivity index is 1.56. The van der Waals surface area contributed by atoms with Crippen molar-refractivity contribution in [2.45, 2.75) is 25.8 Å². The third kappa shape index (κ3) is 3.70. The van der Waals surface area contributed by atoms with Crippen LogP contribution >= 0.6 is 11.6 Å². The predicted molar refractivity (Wildman–Crippen MR) is 91.6 cm³/mol. The summed E-state index contributed by atoms with van der Waals surface area (Å²) in [5, 5.41) is 0.719. The van der Waals surface area contributed by atoms with Gasteiger partial charge in [-0.1, -0.05) is 23.7 Å². The summed E-state index contributed by atoms with van der Waals surface area (Å²) in [6.45, 7) is 6.26. The van der Waals surface area contributed by atoms with Crippen LogP contribution in [0.5, 0.6) is 0 Å². The van der Waals surface area contributed by atoms with E-state index in [0.717, 1.165) is 49.7 Å². The first-order valence-corrected chi connectivity index (χ1v) is 8.68. The monoisotopic (exact) mass is 336 g/mol. The van der Waals surface area contributed by atoms with Crippen LogP contribution in [-0.2, 0) is 9.53 Å². The van der Waals surface area contributed by atoms with Gasteiger partial charge in [0, 0.05) is 30.6 Å². The van der Waals surface area contributed by atoms with E-state index in [9.17, 15) is 4.79 Å². The first-order valence-electron chi connectivity index (χ1n) is 8.30. The van der Waals surface area contributed by atoms with Crippen LogP contribution in [0.15, 0.2) is 24.3 Å². The third-order valence-corrected chi connectivity index (χ3v) is 5.64.